The van der Waals surface area contributed by atoms with Gasteiger partial charge >= 0.3 is 0 Å². The lowest BCUT2D eigenvalue weighted by molar-refractivity contribution is -0.140. The van der Waals surface area contributed by atoms with Crippen LogP contribution in [0.5, 0.6) is 0 Å². The third kappa shape index (κ3) is 4.34. The molecule has 2 aliphatic rings. The molecule has 0 unspecified atom stereocenters. The summed E-state index contributed by atoms with van der Waals surface area (Å²) in [6.45, 7) is 16.0. The van der Waals surface area contributed by atoms with Crippen LogP contribution in [0, 0.1) is 17.3 Å². The molecule has 0 aliphatic carbocycles. The van der Waals surface area contributed by atoms with Gasteiger partial charge in [0, 0.05) is 36.5 Å². The van der Waals surface area contributed by atoms with Crippen LogP contribution in [0.15, 0.2) is 0 Å². The maximum atomic E-state index is 12.8. The number of amides is 1. The maximum absolute atomic E-state index is 12.8. The minimum atomic E-state index is -0.268. The average molecular weight is 322 g/mol. The molecule has 2 heterocycles. The predicted octanol–water partition coefficient (Wildman–Crippen LogP) is 2.96. The van der Waals surface area contributed by atoms with Gasteiger partial charge in [0.2, 0.25) is 5.91 Å². The second kappa shape index (κ2) is 6.54. The van der Waals surface area contributed by atoms with Gasteiger partial charge in [-0.2, -0.15) is 0 Å². The Hall–Kier alpha value is -0.900. The van der Waals surface area contributed by atoms with E-state index in [9.17, 15) is 9.59 Å². The van der Waals surface area contributed by atoms with E-state index in [1.165, 1.54) is 0 Å². The number of hydrogen-bond donors (Lipinski definition) is 0. The number of carbonyl (C=O) groups excluding carboxylic acids is 2. The Balaban J connectivity index is 1.86. The van der Waals surface area contributed by atoms with Gasteiger partial charge in [0.05, 0.1) is 5.92 Å². The Morgan fingerprint density at radius 1 is 0.826 bits per heavy atom. The molecule has 2 rings (SSSR count). The first-order valence-corrected chi connectivity index (χ1v) is 9.08. The molecule has 0 aromatic carbocycles. The molecule has 23 heavy (non-hydrogen) atoms. The fourth-order valence-electron chi connectivity index (χ4n) is 3.80. The second-order valence-electron chi connectivity index (χ2n) is 9.32. The van der Waals surface area contributed by atoms with Crippen molar-refractivity contribution in [3.05, 3.63) is 0 Å². The Bertz CT molecular complexity index is 451. The van der Waals surface area contributed by atoms with Crippen molar-refractivity contribution in [1.82, 2.24) is 9.80 Å². The first-order chi connectivity index (χ1) is 10.5. The molecule has 0 spiro atoms. The van der Waals surface area contributed by atoms with E-state index in [1.54, 1.807) is 0 Å². The standard InChI is InChI=1S/C19H34N2O2/c1-18(2,3)16(22)14-7-10-20(11-8-14)17(23)15-9-12-21(13-15)19(4,5)6/h14-15H,7-13H2,1-6H3/t15-/m1/s1. The van der Waals surface area contributed by atoms with Crippen LogP contribution >= 0.6 is 0 Å². The average Bonchev–Trinajstić information content (AvgIpc) is 2.95. The van der Waals surface area contributed by atoms with Gasteiger partial charge < -0.3 is 4.90 Å². The van der Waals surface area contributed by atoms with Crippen LogP contribution in [0.1, 0.15) is 60.8 Å². The molecule has 4 heteroatoms. The lowest BCUT2D eigenvalue weighted by Gasteiger charge is -2.35. The molecule has 0 saturated carbocycles. The van der Waals surface area contributed by atoms with Crippen molar-refractivity contribution < 1.29 is 9.59 Å². The maximum Gasteiger partial charge on any atom is 0.227 e. The van der Waals surface area contributed by atoms with E-state index in [4.69, 9.17) is 0 Å². The molecule has 0 aromatic rings. The van der Waals surface area contributed by atoms with Crippen LogP contribution in [-0.4, -0.2) is 53.2 Å². The largest absolute Gasteiger partial charge is 0.342 e. The topological polar surface area (TPSA) is 40.6 Å². The lowest BCUT2D eigenvalue weighted by Crippen LogP contribution is -2.46. The highest BCUT2D eigenvalue weighted by Crippen LogP contribution is 2.30. The van der Waals surface area contributed by atoms with Crippen molar-refractivity contribution in [2.45, 2.75) is 66.3 Å². The highest BCUT2D eigenvalue weighted by molar-refractivity contribution is 5.86. The van der Waals surface area contributed by atoms with E-state index in [0.717, 1.165) is 45.4 Å². The highest BCUT2D eigenvalue weighted by Gasteiger charge is 2.38. The molecule has 1 amide bonds. The molecule has 0 aromatic heterocycles. The summed E-state index contributed by atoms with van der Waals surface area (Å²) in [7, 11) is 0. The summed E-state index contributed by atoms with van der Waals surface area (Å²) in [6, 6.07) is 0. The Morgan fingerprint density at radius 3 is 1.78 bits per heavy atom. The molecular weight excluding hydrogens is 288 g/mol. The number of nitrogens with zero attached hydrogens (tertiary/aromatic N) is 2. The molecule has 4 nitrogen and oxygen atoms in total. The normalized spacial score (nSPS) is 25.0. The van der Waals surface area contributed by atoms with Crippen LogP contribution in [0.25, 0.3) is 0 Å². The SMILES string of the molecule is CC(C)(C)C(=O)C1CCN(C(=O)[C@@H]2CCN(C(C)(C)C)C2)CC1. The Kier molecular flexibility index (Phi) is 5.24. The molecule has 2 fully saturated rings. The molecule has 0 N–H and O–H groups in total. The number of likely N-dealkylation sites (tertiary alicyclic amines) is 2. The van der Waals surface area contributed by atoms with Gasteiger partial charge in [-0.25, -0.2) is 0 Å². The fourth-order valence-corrected chi connectivity index (χ4v) is 3.80. The van der Waals surface area contributed by atoms with Crippen LogP contribution in [0.2, 0.25) is 0 Å². The number of carbonyl (C=O) groups is 2. The molecule has 1 atom stereocenters. The lowest BCUT2D eigenvalue weighted by atomic mass is 9.79. The van der Waals surface area contributed by atoms with Crippen LogP contribution in [0.4, 0.5) is 0 Å². The van der Waals surface area contributed by atoms with Gasteiger partial charge in [-0.05, 0) is 46.6 Å². The Morgan fingerprint density at radius 2 is 1.35 bits per heavy atom. The number of hydrogen-bond acceptors (Lipinski definition) is 3. The summed E-state index contributed by atoms with van der Waals surface area (Å²) in [5.74, 6) is 0.931. The smallest absolute Gasteiger partial charge is 0.227 e. The summed E-state index contributed by atoms with van der Waals surface area (Å²) in [5, 5.41) is 0. The first-order valence-electron chi connectivity index (χ1n) is 9.08. The summed E-state index contributed by atoms with van der Waals surface area (Å²) < 4.78 is 0. The Labute approximate surface area is 141 Å². The van der Waals surface area contributed by atoms with Gasteiger partial charge in [0.25, 0.3) is 0 Å². The van der Waals surface area contributed by atoms with Gasteiger partial charge in [0.1, 0.15) is 5.78 Å². The zero-order valence-corrected chi connectivity index (χ0v) is 15.8. The monoisotopic (exact) mass is 322 g/mol. The van der Waals surface area contributed by atoms with Gasteiger partial charge in [-0.1, -0.05) is 20.8 Å². The van der Waals surface area contributed by atoms with Gasteiger partial charge in [-0.15, -0.1) is 0 Å². The van der Waals surface area contributed by atoms with E-state index < -0.39 is 0 Å². The molecule has 0 radical (unpaired) electrons. The minimum Gasteiger partial charge on any atom is -0.342 e. The van der Waals surface area contributed by atoms with Crippen molar-refractivity contribution in [2.75, 3.05) is 26.2 Å². The van der Waals surface area contributed by atoms with E-state index in [0.29, 0.717) is 11.7 Å². The second-order valence-corrected chi connectivity index (χ2v) is 9.32. The molecule has 2 aliphatic heterocycles. The molecule has 132 valence electrons. The van der Waals surface area contributed by atoms with E-state index >= 15 is 0 Å². The number of Topliss-reactive ketones (excluding diaryl/α,β-unsaturated/α-hetero) is 1. The summed E-state index contributed by atoms with van der Waals surface area (Å²) in [5.41, 5.74) is -0.128. The van der Waals surface area contributed by atoms with Crippen molar-refractivity contribution in [1.29, 1.82) is 0 Å². The third-order valence-corrected chi connectivity index (χ3v) is 5.40. The summed E-state index contributed by atoms with van der Waals surface area (Å²) in [6.07, 6.45) is 2.63. The first kappa shape index (κ1) is 18.4. The minimum absolute atomic E-state index is 0.133. The fraction of sp³-hybridized carbons (Fsp3) is 0.895. The molecular formula is C19H34N2O2. The summed E-state index contributed by atoms with van der Waals surface area (Å²) >= 11 is 0. The van der Waals surface area contributed by atoms with Crippen LogP contribution in [0.3, 0.4) is 0 Å². The quantitative estimate of drug-likeness (QED) is 0.785. The van der Waals surface area contributed by atoms with Crippen LogP contribution < -0.4 is 0 Å². The zero-order chi connectivity index (χ0) is 17.4. The number of ketones is 1. The highest BCUT2D eigenvalue weighted by atomic mass is 16.2. The summed E-state index contributed by atoms with van der Waals surface area (Å²) in [4.78, 5) is 29.6. The van der Waals surface area contributed by atoms with Gasteiger partial charge in [-0.3, -0.25) is 14.5 Å². The predicted molar refractivity (Wildman–Crippen MR) is 93.2 cm³/mol. The zero-order valence-electron chi connectivity index (χ0n) is 15.8. The number of piperidine rings is 1. The molecule has 2 saturated heterocycles. The van der Waals surface area contributed by atoms with Gasteiger partial charge in [0.15, 0.2) is 0 Å². The van der Waals surface area contributed by atoms with Crippen LogP contribution in [-0.2, 0) is 9.59 Å². The third-order valence-electron chi connectivity index (χ3n) is 5.40. The van der Waals surface area contributed by atoms with E-state index in [-0.39, 0.29) is 22.8 Å². The van der Waals surface area contributed by atoms with Crippen molar-refractivity contribution in [3.63, 3.8) is 0 Å². The van der Waals surface area contributed by atoms with Crippen molar-refractivity contribution in [3.8, 4) is 0 Å². The van der Waals surface area contributed by atoms with E-state index in [1.807, 2.05) is 25.7 Å². The van der Waals surface area contributed by atoms with E-state index in [2.05, 4.69) is 25.7 Å². The van der Waals surface area contributed by atoms with Crippen molar-refractivity contribution in [2.24, 2.45) is 17.3 Å². The molecule has 0 bridgehead atoms. The van der Waals surface area contributed by atoms with Crippen molar-refractivity contribution >= 4 is 11.7 Å². The number of rotatable bonds is 2.